The van der Waals surface area contributed by atoms with Crippen molar-refractivity contribution in [2.75, 3.05) is 26.6 Å². The Hall–Kier alpha value is -4.07. The zero-order valence-electron chi connectivity index (χ0n) is 17.6. The number of carbonyl (C=O) groups excluding carboxylic acids is 1. The fourth-order valence-corrected chi connectivity index (χ4v) is 2.72. The zero-order valence-corrected chi connectivity index (χ0v) is 17.6. The highest BCUT2D eigenvalue weighted by Gasteiger charge is 2.13. The first-order valence-corrected chi connectivity index (χ1v) is 9.51. The van der Waals surface area contributed by atoms with E-state index in [9.17, 15) is 4.79 Å². The number of nitrogens with zero attached hydrogens (tertiary/aromatic N) is 2. The Balaban J connectivity index is 1.85. The molecule has 3 aromatic rings. The summed E-state index contributed by atoms with van der Waals surface area (Å²) >= 11 is 0. The van der Waals surface area contributed by atoms with Crippen molar-refractivity contribution in [3.05, 3.63) is 78.1 Å². The third kappa shape index (κ3) is 6.20. The van der Waals surface area contributed by atoms with Gasteiger partial charge in [0.25, 0.3) is 5.91 Å². The fraction of sp³-hybridized carbons (Fsp3) is 0.174. The number of hydrogen-bond donors (Lipinski definition) is 2. The number of hydrogen-bond acceptors (Lipinski definition) is 6. The third-order valence-electron chi connectivity index (χ3n) is 4.30. The van der Waals surface area contributed by atoms with Gasteiger partial charge in [-0.1, -0.05) is 12.1 Å². The Bertz CT molecular complexity index is 1030. The highest BCUT2D eigenvalue weighted by Crippen LogP contribution is 2.22. The Morgan fingerprint density at radius 2 is 1.65 bits per heavy atom. The molecule has 1 heterocycles. The smallest absolute Gasteiger partial charge is 0.258 e. The number of ether oxygens (including phenoxy) is 3. The largest absolute Gasteiger partial charge is 0.497 e. The van der Waals surface area contributed by atoms with Gasteiger partial charge in [0.1, 0.15) is 17.2 Å². The predicted octanol–water partition coefficient (Wildman–Crippen LogP) is 3.51. The highest BCUT2D eigenvalue weighted by atomic mass is 16.5. The van der Waals surface area contributed by atoms with Crippen molar-refractivity contribution < 1.29 is 19.0 Å². The Morgan fingerprint density at radius 1 is 0.903 bits per heavy atom. The van der Waals surface area contributed by atoms with E-state index in [0.717, 1.165) is 5.69 Å². The summed E-state index contributed by atoms with van der Waals surface area (Å²) in [6, 6.07) is 17.8. The number of anilines is 1. The summed E-state index contributed by atoms with van der Waals surface area (Å²) in [5, 5.41) is 5.94. The summed E-state index contributed by atoms with van der Waals surface area (Å²) in [7, 11) is 4.65. The van der Waals surface area contributed by atoms with Crippen molar-refractivity contribution in [1.29, 1.82) is 0 Å². The molecule has 160 valence electrons. The highest BCUT2D eigenvalue weighted by molar-refractivity contribution is 6.10. The number of rotatable bonds is 7. The molecule has 31 heavy (non-hydrogen) atoms. The molecule has 0 bridgehead atoms. The third-order valence-corrected chi connectivity index (χ3v) is 4.30. The lowest BCUT2D eigenvalue weighted by molar-refractivity contribution is 0.0976. The number of nitrogens with one attached hydrogen (secondary N) is 2. The molecule has 0 atom stereocenters. The van der Waals surface area contributed by atoms with Crippen molar-refractivity contribution in [3.8, 4) is 17.2 Å². The lowest BCUT2D eigenvalue weighted by atomic mass is 10.2. The van der Waals surface area contributed by atoms with Crippen LogP contribution in [0.5, 0.6) is 17.2 Å². The van der Waals surface area contributed by atoms with E-state index in [1.807, 2.05) is 36.4 Å². The normalized spacial score (nSPS) is 10.9. The first kappa shape index (κ1) is 21.6. The molecule has 0 spiro atoms. The lowest BCUT2D eigenvalue weighted by Crippen LogP contribution is -2.36. The number of guanidine groups is 1. The number of aromatic nitrogens is 1. The van der Waals surface area contributed by atoms with Crippen LogP contribution < -0.4 is 24.8 Å². The molecule has 8 nitrogen and oxygen atoms in total. The molecular formula is C23H24N4O4. The second kappa shape index (κ2) is 10.6. The van der Waals surface area contributed by atoms with E-state index in [-0.39, 0.29) is 18.4 Å². The van der Waals surface area contributed by atoms with E-state index < -0.39 is 0 Å². The summed E-state index contributed by atoms with van der Waals surface area (Å²) < 4.78 is 15.8. The van der Waals surface area contributed by atoms with Crippen LogP contribution >= 0.6 is 0 Å². The average molecular weight is 420 g/mol. The van der Waals surface area contributed by atoms with Crippen molar-refractivity contribution in [3.63, 3.8) is 0 Å². The van der Waals surface area contributed by atoms with Gasteiger partial charge in [0.15, 0.2) is 0 Å². The topological polar surface area (TPSA) is 94.1 Å². The van der Waals surface area contributed by atoms with Gasteiger partial charge in [0.05, 0.1) is 33.6 Å². The average Bonchev–Trinajstić information content (AvgIpc) is 2.82. The molecule has 1 amide bonds. The molecule has 0 aliphatic heterocycles. The first-order chi connectivity index (χ1) is 15.1. The number of pyridine rings is 1. The van der Waals surface area contributed by atoms with Crippen LogP contribution in [0.3, 0.4) is 0 Å². The van der Waals surface area contributed by atoms with E-state index in [0.29, 0.717) is 28.5 Å². The van der Waals surface area contributed by atoms with Crippen LogP contribution in [-0.2, 0) is 6.54 Å². The molecule has 0 saturated heterocycles. The van der Waals surface area contributed by atoms with E-state index in [4.69, 9.17) is 14.2 Å². The minimum absolute atomic E-state index is 0.269. The number of methoxy groups -OCH3 is 3. The van der Waals surface area contributed by atoms with Crippen LogP contribution in [-0.4, -0.2) is 38.2 Å². The van der Waals surface area contributed by atoms with Crippen molar-refractivity contribution >= 4 is 17.6 Å². The number of amides is 1. The molecule has 0 radical (unpaired) electrons. The SMILES string of the molecule is COc1cccc(NC(=NCc2ccccn2)NC(=O)c2cc(OC)cc(OC)c2)c1. The summed E-state index contributed by atoms with van der Waals surface area (Å²) in [5.74, 6) is 1.60. The van der Waals surface area contributed by atoms with Gasteiger partial charge in [0.2, 0.25) is 5.96 Å². The standard InChI is InChI=1S/C23H24N4O4/c1-29-19-9-6-8-17(13-19)26-23(25-15-18-7-4-5-10-24-18)27-22(28)16-11-20(30-2)14-21(12-16)31-3/h4-14H,15H2,1-3H3,(H2,25,26,27,28). The van der Waals surface area contributed by atoms with E-state index in [1.165, 1.54) is 14.2 Å². The molecular weight excluding hydrogens is 396 g/mol. The van der Waals surface area contributed by atoms with Crippen molar-refractivity contribution in [2.24, 2.45) is 4.99 Å². The van der Waals surface area contributed by atoms with Crippen LogP contribution in [0.15, 0.2) is 71.9 Å². The maximum Gasteiger partial charge on any atom is 0.258 e. The van der Waals surface area contributed by atoms with Crippen molar-refractivity contribution in [1.82, 2.24) is 10.3 Å². The number of carbonyl (C=O) groups is 1. The molecule has 0 fully saturated rings. The molecule has 2 N–H and O–H groups in total. The molecule has 8 heteroatoms. The molecule has 0 saturated carbocycles. The number of aliphatic imine (C=N–C) groups is 1. The molecule has 0 aliphatic rings. The van der Waals surface area contributed by atoms with Gasteiger partial charge in [-0.25, -0.2) is 4.99 Å². The first-order valence-electron chi connectivity index (χ1n) is 9.51. The van der Waals surface area contributed by atoms with Gasteiger partial charge in [-0.3, -0.25) is 15.1 Å². The minimum Gasteiger partial charge on any atom is -0.497 e. The van der Waals surface area contributed by atoms with Crippen LogP contribution in [0.2, 0.25) is 0 Å². The van der Waals surface area contributed by atoms with Crippen LogP contribution in [0.1, 0.15) is 16.1 Å². The maximum atomic E-state index is 12.9. The van der Waals surface area contributed by atoms with E-state index in [1.54, 1.807) is 37.6 Å². The second-order valence-electron chi connectivity index (χ2n) is 6.40. The molecule has 3 rings (SSSR count). The monoisotopic (exact) mass is 420 g/mol. The maximum absolute atomic E-state index is 12.9. The van der Waals surface area contributed by atoms with Gasteiger partial charge in [-0.05, 0) is 36.4 Å². The van der Waals surface area contributed by atoms with Crippen LogP contribution in [0.25, 0.3) is 0 Å². The zero-order chi connectivity index (χ0) is 22.1. The Kier molecular flexibility index (Phi) is 7.42. The van der Waals surface area contributed by atoms with Gasteiger partial charge in [0, 0.05) is 29.6 Å². The summed E-state index contributed by atoms with van der Waals surface area (Å²) in [6.07, 6.45) is 1.70. The van der Waals surface area contributed by atoms with Gasteiger partial charge in [-0.2, -0.15) is 0 Å². The van der Waals surface area contributed by atoms with E-state index in [2.05, 4.69) is 20.6 Å². The predicted molar refractivity (Wildman–Crippen MR) is 119 cm³/mol. The molecule has 1 aromatic heterocycles. The van der Waals surface area contributed by atoms with E-state index >= 15 is 0 Å². The van der Waals surface area contributed by atoms with Gasteiger partial charge >= 0.3 is 0 Å². The molecule has 0 unspecified atom stereocenters. The quantitative estimate of drug-likeness (QED) is 0.449. The van der Waals surface area contributed by atoms with Crippen LogP contribution in [0, 0.1) is 0 Å². The summed E-state index contributed by atoms with van der Waals surface area (Å²) in [5.41, 5.74) is 1.85. The minimum atomic E-state index is -0.368. The Morgan fingerprint density at radius 3 is 2.29 bits per heavy atom. The van der Waals surface area contributed by atoms with Gasteiger partial charge < -0.3 is 19.5 Å². The summed E-state index contributed by atoms with van der Waals surface area (Å²) in [6.45, 7) is 0.287. The van der Waals surface area contributed by atoms with Gasteiger partial charge in [-0.15, -0.1) is 0 Å². The second-order valence-corrected chi connectivity index (χ2v) is 6.40. The van der Waals surface area contributed by atoms with Crippen LogP contribution in [0.4, 0.5) is 5.69 Å². The van der Waals surface area contributed by atoms with Crippen molar-refractivity contribution in [2.45, 2.75) is 6.54 Å². The molecule has 0 aliphatic carbocycles. The fourth-order valence-electron chi connectivity index (χ4n) is 2.72. The Labute approximate surface area is 180 Å². The molecule has 2 aromatic carbocycles. The summed E-state index contributed by atoms with van der Waals surface area (Å²) in [4.78, 5) is 21.7. The lowest BCUT2D eigenvalue weighted by Gasteiger charge is -2.13. The number of benzene rings is 2.